The predicted octanol–water partition coefficient (Wildman–Crippen LogP) is 2.93. The van der Waals surface area contributed by atoms with Gasteiger partial charge < -0.3 is 9.32 Å². The summed E-state index contributed by atoms with van der Waals surface area (Å²) >= 11 is 5.90. The summed E-state index contributed by atoms with van der Waals surface area (Å²) in [5, 5.41) is 4.99. The number of hydrogen-bond acceptors (Lipinski definition) is 6. The lowest BCUT2D eigenvalue weighted by molar-refractivity contribution is -0.132. The van der Waals surface area contributed by atoms with Gasteiger partial charge in [0, 0.05) is 42.8 Å². The number of fused-ring (bicyclic) bond motifs is 1. The van der Waals surface area contributed by atoms with E-state index in [4.69, 9.17) is 16.0 Å². The van der Waals surface area contributed by atoms with Crippen LogP contribution in [-0.2, 0) is 34.6 Å². The molecule has 1 saturated carbocycles. The molecule has 10 heteroatoms. The van der Waals surface area contributed by atoms with Gasteiger partial charge in [-0.05, 0) is 44.0 Å². The maximum absolute atomic E-state index is 13.5. The molecule has 0 atom stereocenters. The van der Waals surface area contributed by atoms with Crippen LogP contribution in [0.2, 0.25) is 5.02 Å². The third-order valence-electron chi connectivity index (χ3n) is 6.09. The Hall–Kier alpha value is -2.65. The van der Waals surface area contributed by atoms with Gasteiger partial charge in [0.25, 0.3) is 0 Å². The Morgan fingerprint density at radius 2 is 1.94 bits per heavy atom. The standard InChI is InChI=1S/C21H21ClN4O4S/c1-13-11-23-19(30-13)18-16-12-26(10-7-17(16)25(2)24-18)20(27)21(8-9-21)31(28,29)15-5-3-14(22)4-6-15/h3-6,11H,7-10,12H2,1-2H3. The van der Waals surface area contributed by atoms with E-state index >= 15 is 0 Å². The van der Waals surface area contributed by atoms with E-state index in [-0.39, 0.29) is 17.3 Å². The number of halogens is 1. The van der Waals surface area contributed by atoms with Gasteiger partial charge in [-0.1, -0.05) is 11.6 Å². The smallest absolute Gasteiger partial charge is 0.247 e. The van der Waals surface area contributed by atoms with E-state index in [1.807, 2.05) is 7.05 Å². The van der Waals surface area contributed by atoms with Crippen LogP contribution in [0, 0.1) is 6.92 Å². The summed E-state index contributed by atoms with van der Waals surface area (Å²) in [4.78, 5) is 19.5. The van der Waals surface area contributed by atoms with Gasteiger partial charge in [0.2, 0.25) is 11.8 Å². The zero-order valence-electron chi connectivity index (χ0n) is 17.1. The summed E-state index contributed by atoms with van der Waals surface area (Å²) < 4.78 is 32.7. The highest BCUT2D eigenvalue weighted by Crippen LogP contribution is 2.49. The molecule has 1 aliphatic heterocycles. The highest BCUT2D eigenvalue weighted by Gasteiger charge is 2.62. The van der Waals surface area contributed by atoms with Crippen LogP contribution >= 0.6 is 11.6 Å². The van der Waals surface area contributed by atoms with Crippen LogP contribution in [0.25, 0.3) is 11.6 Å². The van der Waals surface area contributed by atoms with E-state index in [1.165, 1.54) is 24.3 Å². The molecule has 0 spiro atoms. The van der Waals surface area contributed by atoms with Crippen LogP contribution in [0.1, 0.15) is 29.9 Å². The molecule has 5 rings (SSSR count). The molecule has 1 aromatic carbocycles. The predicted molar refractivity (Wildman–Crippen MR) is 113 cm³/mol. The van der Waals surface area contributed by atoms with Crippen molar-refractivity contribution in [2.75, 3.05) is 6.54 Å². The van der Waals surface area contributed by atoms with Gasteiger partial charge in [0.1, 0.15) is 5.76 Å². The molecule has 31 heavy (non-hydrogen) atoms. The topological polar surface area (TPSA) is 98.3 Å². The van der Waals surface area contributed by atoms with E-state index < -0.39 is 14.6 Å². The molecule has 0 bridgehead atoms. The molecule has 0 unspecified atom stereocenters. The summed E-state index contributed by atoms with van der Waals surface area (Å²) in [5.41, 5.74) is 2.44. The zero-order chi connectivity index (χ0) is 22.0. The number of hydrogen-bond donors (Lipinski definition) is 0. The number of amides is 1. The Balaban J connectivity index is 1.47. The third kappa shape index (κ3) is 3.10. The number of carbonyl (C=O) groups is 1. The van der Waals surface area contributed by atoms with E-state index in [0.29, 0.717) is 48.2 Å². The maximum atomic E-state index is 13.5. The van der Waals surface area contributed by atoms with E-state index in [9.17, 15) is 13.2 Å². The minimum Gasteiger partial charge on any atom is -0.440 e. The van der Waals surface area contributed by atoms with E-state index in [0.717, 1.165) is 11.3 Å². The summed E-state index contributed by atoms with van der Waals surface area (Å²) in [6.07, 6.45) is 2.85. The number of rotatable bonds is 4. The number of carbonyl (C=O) groups excluding carboxylic acids is 1. The molecule has 1 fully saturated rings. The van der Waals surface area contributed by atoms with Crippen molar-refractivity contribution in [1.82, 2.24) is 19.7 Å². The van der Waals surface area contributed by atoms with Crippen molar-refractivity contribution in [1.29, 1.82) is 0 Å². The van der Waals surface area contributed by atoms with Crippen LogP contribution in [0.15, 0.2) is 39.8 Å². The van der Waals surface area contributed by atoms with Crippen molar-refractivity contribution < 1.29 is 17.6 Å². The number of nitrogens with zero attached hydrogens (tertiary/aromatic N) is 4. The Bertz CT molecular complexity index is 1290. The lowest BCUT2D eigenvalue weighted by Gasteiger charge is -2.31. The van der Waals surface area contributed by atoms with Crippen LogP contribution in [0.3, 0.4) is 0 Å². The van der Waals surface area contributed by atoms with Crippen molar-refractivity contribution in [3.8, 4) is 11.6 Å². The number of benzene rings is 1. The second-order valence-electron chi connectivity index (χ2n) is 8.10. The average Bonchev–Trinajstić information content (AvgIpc) is 3.37. The fourth-order valence-electron chi connectivity index (χ4n) is 4.24. The molecule has 0 N–H and O–H groups in total. The first-order chi connectivity index (χ1) is 14.7. The first kappa shape index (κ1) is 20.3. The quantitative estimate of drug-likeness (QED) is 0.593. The molecule has 1 aliphatic carbocycles. The van der Waals surface area contributed by atoms with Gasteiger partial charge in [-0.25, -0.2) is 13.4 Å². The van der Waals surface area contributed by atoms with Crippen molar-refractivity contribution in [3.63, 3.8) is 0 Å². The largest absolute Gasteiger partial charge is 0.440 e. The highest BCUT2D eigenvalue weighted by atomic mass is 35.5. The lowest BCUT2D eigenvalue weighted by atomic mass is 10.0. The number of aryl methyl sites for hydroxylation is 2. The Labute approximate surface area is 184 Å². The third-order valence-corrected chi connectivity index (χ3v) is 8.84. The van der Waals surface area contributed by atoms with Crippen LogP contribution in [0.4, 0.5) is 0 Å². The molecule has 1 amide bonds. The maximum Gasteiger partial charge on any atom is 0.247 e. The summed E-state index contributed by atoms with van der Waals surface area (Å²) in [6, 6.07) is 5.98. The fraction of sp³-hybridized carbons (Fsp3) is 0.381. The second-order valence-corrected chi connectivity index (χ2v) is 10.8. The van der Waals surface area contributed by atoms with Crippen molar-refractivity contribution in [2.24, 2.45) is 7.05 Å². The fourth-order valence-corrected chi connectivity index (χ4v) is 6.31. The van der Waals surface area contributed by atoms with Gasteiger partial charge in [0.05, 0.1) is 11.1 Å². The summed E-state index contributed by atoms with van der Waals surface area (Å²) in [5.74, 6) is 0.717. The monoisotopic (exact) mass is 460 g/mol. The van der Waals surface area contributed by atoms with E-state index in [2.05, 4.69) is 10.1 Å². The lowest BCUT2D eigenvalue weighted by Crippen LogP contribution is -2.47. The summed E-state index contributed by atoms with van der Waals surface area (Å²) in [6.45, 7) is 2.52. The summed E-state index contributed by atoms with van der Waals surface area (Å²) in [7, 11) is -1.98. The van der Waals surface area contributed by atoms with Crippen LogP contribution in [-0.4, -0.2) is 45.3 Å². The zero-order valence-corrected chi connectivity index (χ0v) is 18.7. The first-order valence-electron chi connectivity index (χ1n) is 10.00. The van der Waals surface area contributed by atoms with Gasteiger partial charge in [-0.15, -0.1) is 0 Å². The Morgan fingerprint density at radius 1 is 1.23 bits per heavy atom. The molecular formula is C21H21ClN4O4S. The minimum atomic E-state index is -3.83. The number of sulfone groups is 1. The minimum absolute atomic E-state index is 0.123. The SMILES string of the molecule is Cc1cnc(-c2nn(C)c3c2CN(C(=O)C2(S(=O)(=O)c4ccc(Cl)cc4)CC2)CC3)o1. The van der Waals surface area contributed by atoms with Gasteiger partial charge in [-0.3, -0.25) is 9.48 Å². The molecule has 0 saturated heterocycles. The molecule has 162 valence electrons. The highest BCUT2D eigenvalue weighted by molar-refractivity contribution is 7.94. The van der Waals surface area contributed by atoms with Gasteiger partial charge >= 0.3 is 0 Å². The normalized spacial score (nSPS) is 17.5. The molecule has 8 nitrogen and oxygen atoms in total. The van der Waals surface area contributed by atoms with Crippen LogP contribution in [0.5, 0.6) is 0 Å². The van der Waals surface area contributed by atoms with E-state index in [1.54, 1.807) is 22.7 Å². The van der Waals surface area contributed by atoms with Crippen molar-refractivity contribution in [3.05, 3.63) is 52.5 Å². The van der Waals surface area contributed by atoms with Gasteiger partial charge in [-0.2, -0.15) is 5.10 Å². The Kier molecular flexibility index (Phi) is 4.53. The Morgan fingerprint density at radius 3 is 2.55 bits per heavy atom. The first-order valence-corrected chi connectivity index (χ1v) is 11.9. The molecule has 3 aromatic rings. The molecule has 2 aromatic heterocycles. The molecule has 0 radical (unpaired) electrons. The molecule has 2 aliphatic rings. The average molecular weight is 461 g/mol. The molecule has 3 heterocycles. The van der Waals surface area contributed by atoms with Crippen LogP contribution < -0.4 is 0 Å². The van der Waals surface area contributed by atoms with Gasteiger partial charge in [0.15, 0.2) is 20.3 Å². The number of oxazole rings is 1. The number of aromatic nitrogens is 3. The van der Waals surface area contributed by atoms with Crippen molar-refractivity contribution >= 4 is 27.3 Å². The van der Waals surface area contributed by atoms with Crippen molar-refractivity contribution in [2.45, 2.75) is 42.4 Å². The molecular weight excluding hydrogens is 440 g/mol. The second kappa shape index (κ2) is 6.93.